The molecule has 2 rings (SSSR count). The Hall–Kier alpha value is -1.92. The molecule has 0 aliphatic carbocycles. The molecule has 1 aromatic carbocycles. The number of alkyl halides is 3. The number of amides is 1. The Morgan fingerprint density at radius 3 is 2.84 bits per heavy atom. The number of nitrogens with zero attached hydrogens (tertiary/aromatic N) is 1. The lowest BCUT2D eigenvalue weighted by atomic mass is 10.2. The summed E-state index contributed by atoms with van der Waals surface area (Å²) in [5.41, 5.74) is 1.25. The van der Waals surface area contributed by atoms with Crippen LogP contribution in [-0.2, 0) is 4.74 Å². The van der Waals surface area contributed by atoms with E-state index in [4.69, 9.17) is 0 Å². The fourth-order valence-electron chi connectivity index (χ4n) is 1.85. The van der Waals surface area contributed by atoms with Gasteiger partial charge < -0.3 is 10.1 Å². The van der Waals surface area contributed by atoms with Gasteiger partial charge in [0.05, 0.1) is 11.4 Å². The SMILES string of the molecule is O=C(OCC(F)(F)F)N1CCCNc2ccccc21. The molecule has 0 radical (unpaired) electrons. The molecule has 104 valence electrons. The highest BCUT2D eigenvalue weighted by atomic mass is 19.4. The number of fused-ring (bicyclic) bond motifs is 1. The van der Waals surface area contributed by atoms with Crippen molar-refractivity contribution in [2.24, 2.45) is 0 Å². The first-order chi connectivity index (χ1) is 8.97. The number of carbonyl (C=O) groups is 1. The third-order valence-electron chi connectivity index (χ3n) is 2.65. The van der Waals surface area contributed by atoms with Crippen LogP contribution in [0.2, 0.25) is 0 Å². The Balaban J connectivity index is 2.13. The van der Waals surface area contributed by atoms with Crippen LogP contribution in [0.3, 0.4) is 0 Å². The number of halogens is 3. The largest absolute Gasteiger partial charge is 0.439 e. The lowest BCUT2D eigenvalue weighted by Crippen LogP contribution is -2.34. The zero-order chi connectivity index (χ0) is 13.9. The van der Waals surface area contributed by atoms with Crippen molar-refractivity contribution < 1.29 is 22.7 Å². The van der Waals surface area contributed by atoms with Crippen LogP contribution in [0.1, 0.15) is 6.42 Å². The summed E-state index contributed by atoms with van der Waals surface area (Å²) < 4.78 is 40.4. The van der Waals surface area contributed by atoms with Gasteiger partial charge in [-0.25, -0.2) is 4.79 Å². The summed E-state index contributed by atoms with van der Waals surface area (Å²) in [6.45, 7) is -0.599. The van der Waals surface area contributed by atoms with Gasteiger partial charge in [0.1, 0.15) is 0 Å². The van der Waals surface area contributed by atoms with Crippen LogP contribution in [0.25, 0.3) is 0 Å². The van der Waals surface area contributed by atoms with Crippen molar-refractivity contribution >= 4 is 17.5 Å². The van der Waals surface area contributed by atoms with Gasteiger partial charge in [-0.15, -0.1) is 0 Å². The molecule has 1 aromatic rings. The molecule has 0 spiro atoms. The zero-order valence-electron chi connectivity index (χ0n) is 10.0. The standard InChI is InChI=1S/C12H13F3N2O2/c13-12(14,15)8-19-11(18)17-7-3-6-16-9-4-1-2-5-10(9)17/h1-2,4-5,16H,3,6-8H2. The number of para-hydroxylation sites is 2. The molecule has 1 heterocycles. The zero-order valence-corrected chi connectivity index (χ0v) is 10.0. The summed E-state index contributed by atoms with van der Waals surface area (Å²) in [6, 6.07) is 6.94. The molecule has 0 bridgehead atoms. The molecule has 0 unspecified atom stereocenters. The fourth-order valence-corrected chi connectivity index (χ4v) is 1.85. The number of benzene rings is 1. The van der Waals surface area contributed by atoms with Gasteiger partial charge in [-0.05, 0) is 18.6 Å². The van der Waals surface area contributed by atoms with Crippen molar-refractivity contribution in [3.05, 3.63) is 24.3 Å². The van der Waals surface area contributed by atoms with Gasteiger partial charge in [0.25, 0.3) is 0 Å². The third kappa shape index (κ3) is 3.52. The molecule has 1 aliphatic rings. The van der Waals surface area contributed by atoms with E-state index in [1.165, 1.54) is 4.90 Å². The maximum absolute atomic E-state index is 12.1. The molecule has 1 amide bonds. The summed E-state index contributed by atoms with van der Waals surface area (Å²) >= 11 is 0. The molecule has 0 atom stereocenters. The van der Waals surface area contributed by atoms with E-state index in [2.05, 4.69) is 10.1 Å². The van der Waals surface area contributed by atoms with Crippen LogP contribution >= 0.6 is 0 Å². The van der Waals surface area contributed by atoms with E-state index in [0.717, 1.165) is 0 Å². The predicted octanol–water partition coefficient (Wildman–Crippen LogP) is 3.01. The first-order valence-corrected chi connectivity index (χ1v) is 5.81. The van der Waals surface area contributed by atoms with Gasteiger partial charge in [-0.3, -0.25) is 4.90 Å². The Bertz CT molecular complexity index is 463. The van der Waals surface area contributed by atoms with Gasteiger partial charge >= 0.3 is 12.3 Å². The summed E-state index contributed by atoms with van der Waals surface area (Å²) in [5, 5.41) is 3.11. The molecule has 0 fully saturated rings. The van der Waals surface area contributed by atoms with Gasteiger partial charge in [0.2, 0.25) is 0 Å². The Labute approximate surface area is 108 Å². The molecule has 4 nitrogen and oxygen atoms in total. The quantitative estimate of drug-likeness (QED) is 0.856. The predicted molar refractivity (Wildman–Crippen MR) is 64.3 cm³/mol. The molecule has 19 heavy (non-hydrogen) atoms. The maximum atomic E-state index is 12.1. The minimum Gasteiger partial charge on any atom is -0.439 e. The van der Waals surface area contributed by atoms with Gasteiger partial charge in [-0.2, -0.15) is 13.2 Å². The van der Waals surface area contributed by atoms with E-state index in [1.54, 1.807) is 24.3 Å². The lowest BCUT2D eigenvalue weighted by molar-refractivity contribution is -0.159. The first kappa shape index (κ1) is 13.5. The minimum absolute atomic E-state index is 0.320. The van der Waals surface area contributed by atoms with Crippen molar-refractivity contribution in [2.75, 3.05) is 29.9 Å². The van der Waals surface area contributed by atoms with Crippen molar-refractivity contribution in [1.82, 2.24) is 0 Å². The van der Waals surface area contributed by atoms with Crippen molar-refractivity contribution in [3.63, 3.8) is 0 Å². The Morgan fingerprint density at radius 1 is 1.37 bits per heavy atom. The first-order valence-electron chi connectivity index (χ1n) is 5.81. The van der Waals surface area contributed by atoms with E-state index < -0.39 is 18.9 Å². The average Bonchev–Trinajstić information content (AvgIpc) is 2.57. The van der Waals surface area contributed by atoms with E-state index in [0.29, 0.717) is 30.9 Å². The average molecular weight is 274 g/mol. The summed E-state index contributed by atoms with van der Waals surface area (Å²) in [7, 11) is 0. The number of anilines is 2. The molecule has 0 saturated carbocycles. The van der Waals surface area contributed by atoms with Gasteiger partial charge in [0.15, 0.2) is 6.61 Å². The molecular formula is C12H13F3N2O2. The second-order valence-corrected chi connectivity index (χ2v) is 4.12. The van der Waals surface area contributed by atoms with E-state index in [1.807, 2.05) is 0 Å². The second kappa shape index (κ2) is 5.38. The van der Waals surface area contributed by atoms with E-state index in [-0.39, 0.29) is 0 Å². The smallest absolute Gasteiger partial charge is 0.422 e. The van der Waals surface area contributed by atoms with Crippen molar-refractivity contribution in [1.29, 1.82) is 0 Å². The summed E-state index contributed by atoms with van der Waals surface area (Å²) in [6.07, 6.45) is -4.86. The molecule has 1 N–H and O–H groups in total. The molecule has 1 aliphatic heterocycles. The van der Waals surface area contributed by atoms with E-state index in [9.17, 15) is 18.0 Å². The van der Waals surface area contributed by atoms with Crippen LogP contribution in [0.4, 0.5) is 29.3 Å². The van der Waals surface area contributed by atoms with Crippen LogP contribution in [-0.4, -0.2) is 32.0 Å². The van der Waals surface area contributed by atoms with Gasteiger partial charge in [-0.1, -0.05) is 12.1 Å². The normalized spacial score (nSPS) is 15.2. The Kier molecular flexibility index (Phi) is 3.82. The third-order valence-corrected chi connectivity index (χ3v) is 2.65. The van der Waals surface area contributed by atoms with Crippen LogP contribution in [0.5, 0.6) is 0 Å². The monoisotopic (exact) mass is 274 g/mol. The highest BCUT2D eigenvalue weighted by molar-refractivity contribution is 5.92. The van der Waals surface area contributed by atoms with Crippen LogP contribution in [0, 0.1) is 0 Å². The number of nitrogens with one attached hydrogen (secondary N) is 1. The molecule has 0 aromatic heterocycles. The molecule has 0 saturated heterocycles. The van der Waals surface area contributed by atoms with Gasteiger partial charge in [0, 0.05) is 13.1 Å². The molecule has 7 heteroatoms. The maximum Gasteiger partial charge on any atom is 0.422 e. The highest BCUT2D eigenvalue weighted by Crippen LogP contribution is 2.28. The number of hydrogen-bond acceptors (Lipinski definition) is 3. The highest BCUT2D eigenvalue weighted by Gasteiger charge is 2.31. The lowest BCUT2D eigenvalue weighted by Gasteiger charge is -2.22. The summed E-state index contributed by atoms with van der Waals surface area (Å²) in [4.78, 5) is 13.0. The van der Waals surface area contributed by atoms with E-state index >= 15 is 0 Å². The number of rotatable bonds is 1. The Morgan fingerprint density at radius 2 is 2.11 bits per heavy atom. The van der Waals surface area contributed by atoms with Crippen LogP contribution < -0.4 is 10.2 Å². The van der Waals surface area contributed by atoms with Crippen molar-refractivity contribution in [3.8, 4) is 0 Å². The number of ether oxygens (including phenoxy) is 1. The minimum atomic E-state index is -4.51. The number of hydrogen-bond donors (Lipinski definition) is 1. The molecular weight excluding hydrogens is 261 g/mol. The topological polar surface area (TPSA) is 41.6 Å². The fraction of sp³-hybridized carbons (Fsp3) is 0.417. The second-order valence-electron chi connectivity index (χ2n) is 4.12. The van der Waals surface area contributed by atoms with Crippen LogP contribution in [0.15, 0.2) is 24.3 Å². The summed E-state index contributed by atoms with van der Waals surface area (Å²) in [5.74, 6) is 0. The number of carbonyl (C=O) groups excluding carboxylic acids is 1. The van der Waals surface area contributed by atoms with Crippen molar-refractivity contribution in [2.45, 2.75) is 12.6 Å².